The fourth-order valence-corrected chi connectivity index (χ4v) is 9.99. The predicted molar refractivity (Wildman–Crippen MR) is 224 cm³/mol. The molecular formula is C45H53N5O8S. The van der Waals surface area contributed by atoms with E-state index in [2.05, 4.69) is 21.4 Å². The summed E-state index contributed by atoms with van der Waals surface area (Å²) >= 11 is 0. The van der Waals surface area contributed by atoms with Gasteiger partial charge in [0.25, 0.3) is 5.91 Å². The molecule has 0 spiro atoms. The lowest BCUT2D eigenvalue weighted by atomic mass is 10.0. The van der Waals surface area contributed by atoms with Crippen molar-refractivity contribution < 1.29 is 37.1 Å². The van der Waals surface area contributed by atoms with E-state index in [0.29, 0.717) is 54.8 Å². The normalized spacial score (nSPS) is 26.9. The van der Waals surface area contributed by atoms with Gasteiger partial charge >= 0.3 is 0 Å². The van der Waals surface area contributed by atoms with Gasteiger partial charge in [-0.3, -0.25) is 23.9 Å². The summed E-state index contributed by atoms with van der Waals surface area (Å²) in [5, 5.41) is 6.07. The van der Waals surface area contributed by atoms with Gasteiger partial charge in [-0.2, -0.15) is 0 Å². The van der Waals surface area contributed by atoms with Crippen molar-refractivity contribution in [1.82, 2.24) is 25.2 Å². The van der Waals surface area contributed by atoms with Gasteiger partial charge in [0.1, 0.15) is 35.2 Å². The third-order valence-corrected chi connectivity index (χ3v) is 14.1. The van der Waals surface area contributed by atoms with Crippen LogP contribution in [-0.4, -0.2) is 84.6 Å². The Hall–Kier alpha value is -5.24. The number of sulfonamides is 1. The number of carbonyl (C=O) groups is 4. The van der Waals surface area contributed by atoms with Crippen molar-refractivity contribution in [3.63, 3.8) is 0 Å². The van der Waals surface area contributed by atoms with Gasteiger partial charge in [0.15, 0.2) is 0 Å². The summed E-state index contributed by atoms with van der Waals surface area (Å²) in [4.78, 5) is 63.1. The molecule has 5 atom stereocenters. The number of aromatic nitrogens is 1. The van der Waals surface area contributed by atoms with Gasteiger partial charge in [0.2, 0.25) is 27.7 Å². The molecule has 1 saturated heterocycles. The summed E-state index contributed by atoms with van der Waals surface area (Å²) in [6.07, 6.45) is 15.5. The van der Waals surface area contributed by atoms with Crippen LogP contribution in [0.4, 0.5) is 0 Å². The highest BCUT2D eigenvalue weighted by atomic mass is 32.2. The minimum atomic E-state index is -3.89. The number of hydrogen-bond acceptors (Lipinski definition) is 9. The molecule has 5 bridgehead atoms. The van der Waals surface area contributed by atoms with Gasteiger partial charge in [-0.25, -0.2) is 13.4 Å². The van der Waals surface area contributed by atoms with E-state index in [1.807, 2.05) is 66.8 Å². The van der Waals surface area contributed by atoms with Gasteiger partial charge < -0.3 is 25.0 Å². The minimum Gasteiger partial charge on any atom is -0.496 e. The van der Waals surface area contributed by atoms with Crippen molar-refractivity contribution >= 4 is 50.6 Å². The van der Waals surface area contributed by atoms with Crippen molar-refractivity contribution in [3.8, 4) is 22.8 Å². The molecule has 0 unspecified atom stereocenters. The molecule has 4 amide bonds. The molecule has 5 aliphatic rings. The maximum Gasteiger partial charge on any atom is 0.259 e. The van der Waals surface area contributed by atoms with Crippen LogP contribution in [0, 0.1) is 5.92 Å². The molecule has 2 saturated carbocycles. The SMILES string of the molecule is COc1cc2nc(-c3ccccc3)cc3c2cc1C=CCCCCCC(=O)N[C@H]1CCCCCC=C[C@@H]2C[C@@]2(C(=O)NS(=O)(=O)C2CC2)NC(=O)[C@@H]2C[C@H](CN2C1=O)O3. The lowest BCUT2D eigenvalue weighted by molar-refractivity contribution is -0.142. The maximum atomic E-state index is 14.7. The molecule has 3 aliphatic heterocycles. The van der Waals surface area contributed by atoms with Crippen molar-refractivity contribution in [3.05, 3.63) is 72.3 Å². The molecule has 3 N–H and O–H groups in total. The van der Waals surface area contributed by atoms with Crippen LogP contribution in [0.1, 0.15) is 95.5 Å². The molecule has 0 radical (unpaired) electrons. The summed E-state index contributed by atoms with van der Waals surface area (Å²) in [7, 11) is -2.27. The summed E-state index contributed by atoms with van der Waals surface area (Å²) in [5.74, 6) is -1.20. The number of amides is 4. The number of pyridine rings is 1. The number of allylic oxidation sites excluding steroid dienone is 2. The van der Waals surface area contributed by atoms with Crippen LogP contribution >= 0.6 is 0 Å². The number of nitrogens with zero attached hydrogens (tertiary/aromatic N) is 2. The fraction of sp³-hybridized carbons (Fsp3) is 0.489. The Kier molecular flexibility index (Phi) is 11.8. The monoisotopic (exact) mass is 823 g/mol. The second-order valence-corrected chi connectivity index (χ2v) is 18.6. The summed E-state index contributed by atoms with van der Waals surface area (Å²) in [5.41, 5.74) is 1.54. The fourth-order valence-electron chi connectivity index (χ4n) is 8.63. The first-order valence-corrected chi connectivity index (χ1v) is 22.7. The lowest BCUT2D eigenvalue weighted by Crippen LogP contribution is -2.58. The molecule has 3 fully saturated rings. The van der Waals surface area contributed by atoms with E-state index in [9.17, 15) is 27.6 Å². The minimum absolute atomic E-state index is 0.0370. The quantitative estimate of drug-likeness (QED) is 0.272. The molecule has 4 heterocycles. The molecule has 8 rings (SSSR count). The summed E-state index contributed by atoms with van der Waals surface area (Å²) in [6.45, 7) is 0.0370. The Balaban J connectivity index is 1.18. The van der Waals surface area contributed by atoms with Crippen LogP contribution in [0.5, 0.6) is 11.5 Å². The van der Waals surface area contributed by atoms with Crippen LogP contribution in [0.15, 0.2) is 66.8 Å². The largest absolute Gasteiger partial charge is 0.496 e. The number of nitrogens with one attached hydrogen (secondary N) is 3. The van der Waals surface area contributed by atoms with Crippen molar-refractivity contribution in [1.29, 1.82) is 0 Å². The van der Waals surface area contributed by atoms with E-state index in [-0.39, 0.29) is 31.7 Å². The van der Waals surface area contributed by atoms with E-state index in [4.69, 9.17) is 14.5 Å². The zero-order valence-corrected chi connectivity index (χ0v) is 34.3. The molecule has 13 nitrogen and oxygen atoms in total. The van der Waals surface area contributed by atoms with Gasteiger partial charge in [-0.15, -0.1) is 0 Å². The first-order valence-electron chi connectivity index (χ1n) is 21.1. The number of benzene rings is 2. The van der Waals surface area contributed by atoms with E-state index >= 15 is 0 Å². The number of hydrogen-bond donors (Lipinski definition) is 3. The van der Waals surface area contributed by atoms with Gasteiger partial charge in [0, 0.05) is 47.4 Å². The molecule has 2 aromatic carbocycles. The highest BCUT2D eigenvalue weighted by molar-refractivity contribution is 7.91. The molecular weight excluding hydrogens is 771 g/mol. The number of fused-ring (bicyclic) bond motifs is 4. The van der Waals surface area contributed by atoms with Crippen molar-refractivity contribution in [2.24, 2.45) is 5.92 Å². The highest BCUT2D eigenvalue weighted by Crippen LogP contribution is 2.46. The first-order chi connectivity index (χ1) is 28.5. The Labute approximate surface area is 345 Å². The van der Waals surface area contributed by atoms with Crippen LogP contribution in [-0.2, 0) is 29.2 Å². The van der Waals surface area contributed by atoms with Gasteiger partial charge in [-0.1, -0.05) is 73.9 Å². The van der Waals surface area contributed by atoms with Crippen LogP contribution in [0.2, 0.25) is 0 Å². The number of ether oxygens (including phenoxy) is 2. The van der Waals surface area contributed by atoms with Crippen LogP contribution in [0.25, 0.3) is 28.2 Å². The van der Waals surface area contributed by atoms with Gasteiger partial charge in [0.05, 0.1) is 30.1 Å². The van der Waals surface area contributed by atoms with E-state index in [0.717, 1.165) is 55.0 Å². The second kappa shape index (κ2) is 17.2. The Morgan fingerprint density at radius 1 is 0.966 bits per heavy atom. The molecule has 312 valence electrons. The summed E-state index contributed by atoms with van der Waals surface area (Å²) < 4.78 is 40.8. The van der Waals surface area contributed by atoms with E-state index < -0.39 is 62.6 Å². The van der Waals surface area contributed by atoms with E-state index in [1.54, 1.807) is 7.11 Å². The lowest BCUT2D eigenvalue weighted by Gasteiger charge is -2.30. The van der Waals surface area contributed by atoms with E-state index in [1.165, 1.54) is 4.90 Å². The zero-order valence-electron chi connectivity index (χ0n) is 33.5. The van der Waals surface area contributed by atoms with Gasteiger partial charge in [-0.05, 0) is 63.9 Å². The zero-order chi connectivity index (χ0) is 41.1. The summed E-state index contributed by atoms with van der Waals surface area (Å²) in [6, 6.07) is 13.5. The van der Waals surface area contributed by atoms with Crippen LogP contribution < -0.4 is 24.8 Å². The third kappa shape index (κ3) is 9.02. The Bertz CT molecular complexity index is 2280. The highest BCUT2D eigenvalue weighted by Gasteiger charge is 2.62. The number of rotatable bonds is 5. The maximum absolute atomic E-state index is 14.7. The smallest absolute Gasteiger partial charge is 0.259 e. The first kappa shape index (κ1) is 40.5. The average Bonchev–Trinajstić information content (AvgIpc) is 4.15. The Morgan fingerprint density at radius 3 is 2.53 bits per heavy atom. The molecule has 14 heteroatoms. The van der Waals surface area contributed by atoms with Crippen molar-refractivity contribution in [2.45, 2.75) is 119 Å². The van der Waals surface area contributed by atoms with Crippen molar-refractivity contribution in [2.75, 3.05) is 13.7 Å². The standard InChI is InChI=1S/C45H53N5O8S/c1-57-39-26-37-34-23-30(39)17-9-4-2-7-14-20-41(51)47-35-19-13-6-3-5-12-18-31-27-45(31,44(54)49-59(55,56)33-21-22-33)48-42(52)38-24-32(28-50(38)43(35)53)58-40(34)25-36(46-37)29-15-10-8-11-16-29/h8-12,15-18,23,25-26,31-33,35,38H,2-7,13-14,19-22,24,27-28H2,1H3,(H,47,51)(H,48,52)(H,49,54)/t31-,32-,35+,38+,45-/m1/s1. The number of methoxy groups -OCH3 is 1. The molecule has 3 aromatic rings. The van der Waals surface area contributed by atoms with Crippen LogP contribution in [0.3, 0.4) is 0 Å². The second-order valence-electron chi connectivity index (χ2n) is 16.6. The molecule has 1 aromatic heterocycles. The third-order valence-electron chi connectivity index (χ3n) is 12.2. The number of carbonyl (C=O) groups excluding carboxylic acids is 4. The topological polar surface area (TPSA) is 173 Å². The molecule has 2 aliphatic carbocycles. The average molecular weight is 824 g/mol. The Morgan fingerprint density at radius 2 is 1.75 bits per heavy atom. The predicted octanol–water partition coefficient (Wildman–Crippen LogP) is 5.72. The molecule has 59 heavy (non-hydrogen) atoms.